The Morgan fingerprint density at radius 3 is 2.10 bits per heavy atom. The van der Waals surface area contributed by atoms with Crippen molar-refractivity contribution in [1.29, 1.82) is 0 Å². The summed E-state index contributed by atoms with van der Waals surface area (Å²) in [5.41, 5.74) is 2.08. The van der Waals surface area contributed by atoms with Crippen LogP contribution in [0.4, 0.5) is 5.69 Å². The number of para-hydroxylation sites is 1. The molecule has 0 saturated carbocycles. The van der Waals surface area contributed by atoms with Crippen LogP contribution in [0.25, 0.3) is 0 Å². The summed E-state index contributed by atoms with van der Waals surface area (Å²) >= 11 is 6.47. The highest BCUT2D eigenvalue weighted by Gasteiger charge is 2.34. The minimum atomic E-state index is -3.82. The van der Waals surface area contributed by atoms with Crippen LogP contribution in [0.5, 0.6) is 0 Å². The number of rotatable bonds is 10. The Kier molecular flexibility index (Phi) is 9.80. The summed E-state index contributed by atoms with van der Waals surface area (Å²) in [4.78, 5) is 29.3. The normalized spacial score (nSPS) is 12.5. The first kappa shape index (κ1) is 30.2. The second kappa shape index (κ2) is 12.7. The third-order valence-electron chi connectivity index (χ3n) is 6.13. The van der Waals surface area contributed by atoms with Gasteiger partial charge in [-0.05, 0) is 56.5 Å². The molecule has 0 aromatic heterocycles. The number of amides is 2. The first-order valence-corrected chi connectivity index (χ1v) is 14.9. The van der Waals surface area contributed by atoms with E-state index in [-0.39, 0.29) is 18.9 Å². The molecule has 7 nitrogen and oxygen atoms in total. The molecule has 0 radical (unpaired) electrons. The van der Waals surface area contributed by atoms with Gasteiger partial charge >= 0.3 is 0 Å². The van der Waals surface area contributed by atoms with E-state index in [0.29, 0.717) is 21.8 Å². The van der Waals surface area contributed by atoms with Gasteiger partial charge in [0.25, 0.3) is 0 Å². The molecule has 3 aromatic rings. The molecule has 3 rings (SSSR count). The third-order valence-corrected chi connectivity index (χ3v) is 7.63. The number of carbonyl (C=O) groups excluding carboxylic acids is 2. The van der Waals surface area contributed by atoms with Gasteiger partial charge in [0, 0.05) is 23.5 Å². The molecule has 0 bridgehead atoms. The fourth-order valence-corrected chi connectivity index (χ4v) is 5.36. The van der Waals surface area contributed by atoms with Crippen molar-refractivity contribution in [3.63, 3.8) is 0 Å². The zero-order valence-corrected chi connectivity index (χ0v) is 24.6. The molecule has 208 valence electrons. The SMILES string of the molecule is Cc1ccccc1N(CC(=O)N(Cc1ccccc1Cl)[C@@H](Cc1ccccc1)C(=O)NC(C)(C)C)S(C)(=O)=O. The lowest BCUT2D eigenvalue weighted by Gasteiger charge is -2.35. The van der Waals surface area contributed by atoms with E-state index >= 15 is 0 Å². The van der Waals surface area contributed by atoms with Gasteiger partial charge in [0.05, 0.1) is 11.9 Å². The van der Waals surface area contributed by atoms with E-state index in [1.54, 1.807) is 55.5 Å². The molecule has 9 heteroatoms. The van der Waals surface area contributed by atoms with Gasteiger partial charge in [-0.3, -0.25) is 13.9 Å². The molecular weight excluding hydrogens is 534 g/mol. The minimum Gasteiger partial charge on any atom is -0.350 e. The molecule has 39 heavy (non-hydrogen) atoms. The van der Waals surface area contributed by atoms with Gasteiger partial charge in [-0.15, -0.1) is 0 Å². The van der Waals surface area contributed by atoms with Gasteiger partial charge in [0.1, 0.15) is 12.6 Å². The number of sulfonamides is 1. The number of halogens is 1. The number of carbonyl (C=O) groups is 2. The Hall–Kier alpha value is -3.36. The third kappa shape index (κ3) is 8.57. The van der Waals surface area contributed by atoms with Crippen LogP contribution in [0.3, 0.4) is 0 Å². The van der Waals surface area contributed by atoms with Crippen LogP contribution in [0, 0.1) is 6.92 Å². The predicted molar refractivity (Wildman–Crippen MR) is 157 cm³/mol. The Labute approximate surface area is 236 Å². The smallest absolute Gasteiger partial charge is 0.244 e. The van der Waals surface area contributed by atoms with Gasteiger partial charge in [-0.2, -0.15) is 0 Å². The molecule has 0 aliphatic carbocycles. The number of aryl methyl sites for hydroxylation is 1. The van der Waals surface area contributed by atoms with Crippen LogP contribution >= 0.6 is 11.6 Å². The molecule has 1 atom stereocenters. The lowest BCUT2D eigenvalue weighted by atomic mass is 10.0. The summed E-state index contributed by atoms with van der Waals surface area (Å²) in [6.07, 6.45) is 1.31. The molecule has 1 N–H and O–H groups in total. The number of benzene rings is 3. The molecule has 0 aliphatic rings. The van der Waals surface area contributed by atoms with E-state index in [2.05, 4.69) is 5.32 Å². The van der Waals surface area contributed by atoms with Crippen molar-refractivity contribution in [1.82, 2.24) is 10.2 Å². The lowest BCUT2D eigenvalue weighted by Crippen LogP contribution is -2.56. The van der Waals surface area contributed by atoms with E-state index in [1.807, 2.05) is 51.1 Å². The standard InChI is InChI=1S/C30H36ClN3O4S/c1-22-13-9-12-18-26(22)34(39(5,37)38)21-28(35)33(20-24-16-10-11-17-25(24)31)27(29(36)32-30(2,3)4)19-23-14-7-6-8-15-23/h6-18,27H,19-21H2,1-5H3,(H,32,36)/t27-/m0/s1. The highest BCUT2D eigenvalue weighted by Crippen LogP contribution is 2.25. The average molecular weight is 570 g/mol. The topological polar surface area (TPSA) is 86.8 Å². The van der Waals surface area contributed by atoms with Gasteiger partial charge in [-0.1, -0.05) is 78.3 Å². The van der Waals surface area contributed by atoms with Crippen LogP contribution < -0.4 is 9.62 Å². The number of hydrogen-bond donors (Lipinski definition) is 1. The Morgan fingerprint density at radius 1 is 0.923 bits per heavy atom. The van der Waals surface area contributed by atoms with Crippen LogP contribution in [0.15, 0.2) is 78.9 Å². The molecular formula is C30H36ClN3O4S. The van der Waals surface area contributed by atoms with E-state index in [4.69, 9.17) is 11.6 Å². The van der Waals surface area contributed by atoms with Gasteiger partial charge in [0.15, 0.2) is 0 Å². The summed E-state index contributed by atoms with van der Waals surface area (Å²) in [7, 11) is -3.82. The molecule has 0 heterocycles. The predicted octanol–water partition coefficient (Wildman–Crippen LogP) is 4.97. The van der Waals surface area contributed by atoms with Crippen molar-refractivity contribution in [2.24, 2.45) is 0 Å². The highest BCUT2D eigenvalue weighted by atomic mass is 35.5. The fourth-order valence-electron chi connectivity index (χ4n) is 4.26. The van der Waals surface area contributed by atoms with E-state index in [0.717, 1.165) is 16.1 Å². The quantitative estimate of drug-likeness (QED) is 0.373. The highest BCUT2D eigenvalue weighted by molar-refractivity contribution is 7.92. The molecule has 0 spiro atoms. The van der Waals surface area contributed by atoms with Crippen molar-refractivity contribution in [3.05, 3.63) is 101 Å². The Bertz CT molecular complexity index is 1400. The van der Waals surface area contributed by atoms with Crippen molar-refractivity contribution in [2.75, 3.05) is 17.1 Å². The molecule has 0 saturated heterocycles. The van der Waals surface area contributed by atoms with Crippen molar-refractivity contribution in [2.45, 2.75) is 52.2 Å². The number of nitrogens with zero attached hydrogens (tertiary/aromatic N) is 2. The summed E-state index contributed by atoms with van der Waals surface area (Å²) < 4.78 is 26.9. The van der Waals surface area contributed by atoms with Gasteiger partial charge in [0.2, 0.25) is 21.8 Å². The molecule has 0 unspecified atom stereocenters. The second-order valence-corrected chi connectivity index (χ2v) is 12.9. The minimum absolute atomic E-state index is 0.0267. The van der Waals surface area contributed by atoms with Crippen LogP contribution in [-0.4, -0.2) is 49.5 Å². The molecule has 2 amide bonds. The lowest BCUT2D eigenvalue weighted by molar-refractivity contribution is -0.140. The summed E-state index contributed by atoms with van der Waals surface area (Å²) in [5, 5.41) is 3.45. The maximum Gasteiger partial charge on any atom is 0.244 e. The van der Waals surface area contributed by atoms with Gasteiger partial charge in [-0.25, -0.2) is 8.42 Å². The maximum absolute atomic E-state index is 14.1. The van der Waals surface area contributed by atoms with E-state index < -0.39 is 34.1 Å². The first-order valence-electron chi connectivity index (χ1n) is 12.7. The van der Waals surface area contributed by atoms with Crippen LogP contribution in [0.2, 0.25) is 5.02 Å². The summed E-state index contributed by atoms with van der Waals surface area (Å²) in [6, 6.07) is 22.6. The van der Waals surface area contributed by atoms with E-state index in [1.165, 1.54) is 4.90 Å². The Morgan fingerprint density at radius 2 is 1.51 bits per heavy atom. The van der Waals surface area contributed by atoms with Gasteiger partial charge < -0.3 is 10.2 Å². The summed E-state index contributed by atoms with van der Waals surface area (Å²) in [5.74, 6) is -0.859. The number of hydrogen-bond acceptors (Lipinski definition) is 4. The second-order valence-electron chi connectivity index (χ2n) is 10.6. The summed E-state index contributed by atoms with van der Waals surface area (Å²) in [6.45, 7) is 6.95. The van der Waals surface area contributed by atoms with E-state index in [9.17, 15) is 18.0 Å². The monoisotopic (exact) mass is 569 g/mol. The molecule has 3 aromatic carbocycles. The van der Waals surface area contributed by atoms with Crippen molar-refractivity contribution < 1.29 is 18.0 Å². The first-order chi connectivity index (χ1) is 18.3. The van der Waals surface area contributed by atoms with Crippen LogP contribution in [0.1, 0.15) is 37.5 Å². The largest absolute Gasteiger partial charge is 0.350 e. The fraction of sp³-hybridized carbons (Fsp3) is 0.333. The van der Waals surface area contributed by atoms with Crippen molar-refractivity contribution in [3.8, 4) is 0 Å². The molecule has 0 aliphatic heterocycles. The molecule has 0 fully saturated rings. The number of nitrogens with one attached hydrogen (secondary N) is 1. The Balaban J connectivity index is 2.10. The average Bonchev–Trinajstić information content (AvgIpc) is 2.85. The number of anilines is 1. The zero-order chi connectivity index (χ0) is 28.8. The van der Waals surface area contributed by atoms with Crippen molar-refractivity contribution >= 4 is 39.1 Å². The maximum atomic E-state index is 14.1. The zero-order valence-electron chi connectivity index (χ0n) is 23.0. The van der Waals surface area contributed by atoms with Crippen LogP contribution in [-0.2, 0) is 32.6 Å².